The van der Waals surface area contributed by atoms with Crippen LogP contribution in [0.25, 0.3) is 0 Å². The van der Waals surface area contributed by atoms with Crippen LogP contribution in [-0.4, -0.2) is 46.6 Å². The molecule has 1 atom stereocenters. The molecule has 1 aromatic carbocycles. The maximum Gasteiger partial charge on any atom is 0.273 e. The Morgan fingerprint density at radius 1 is 1.48 bits per heavy atom. The summed E-state index contributed by atoms with van der Waals surface area (Å²) in [6.45, 7) is 3.98. The molecule has 3 rings (SSSR count). The first-order valence-corrected chi connectivity index (χ1v) is 8.45. The van der Waals surface area contributed by atoms with Crippen molar-refractivity contribution in [2.45, 2.75) is 31.9 Å². The number of amides is 1. The van der Waals surface area contributed by atoms with E-state index in [1.165, 1.54) is 12.1 Å². The molecule has 1 aromatic heterocycles. The van der Waals surface area contributed by atoms with Crippen LogP contribution in [0.2, 0.25) is 0 Å². The Balaban J connectivity index is 1.49. The lowest BCUT2D eigenvalue weighted by Crippen LogP contribution is -2.33. The van der Waals surface area contributed by atoms with E-state index in [1.807, 2.05) is 0 Å². The number of piperidine rings is 1. The smallest absolute Gasteiger partial charge is 0.273 e. The molecule has 1 unspecified atom stereocenters. The topological polar surface area (TPSA) is 81.1 Å². The number of hydrogen-bond acceptors (Lipinski definition) is 5. The normalized spacial score (nSPS) is 16.4. The second-order valence-electron chi connectivity index (χ2n) is 6.16. The molecule has 0 radical (unpaired) electrons. The molecule has 2 aromatic rings. The molecular formula is C17H22FN5O2. The van der Waals surface area contributed by atoms with Gasteiger partial charge in [0, 0.05) is 6.07 Å². The molecule has 2 N–H and O–H groups in total. The fourth-order valence-corrected chi connectivity index (χ4v) is 2.77. The van der Waals surface area contributed by atoms with E-state index in [0.29, 0.717) is 5.75 Å². The van der Waals surface area contributed by atoms with Crippen molar-refractivity contribution in [1.82, 2.24) is 25.6 Å². The van der Waals surface area contributed by atoms with Crippen molar-refractivity contribution in [3.8, 4) is 5.75 Å². The molecule has 8 heteroatoms. The highest BCUT2D eigenvalue weighted by Gasteiger charge is 2.19. The van der Waals surface area contributed by atoms with Crippen molar-refractivity contribution in [2.75, 3.05) is 19.6 Å². The van der Waals surface area contributed by atoms with Crippen LogP contribution in [0.15, 0.2) is 30.5 Å². The van der Waals surface area contributed by atoms with Gasteiger partial charge in [0.05, 0.1) is 18.8 Å². The lowest BCUT2D eigenvalue weighted by atomic mass is 10.1. The first-order valence-electron chi connectivity index (χ1n) is 8.45. The third-order valence-corrected chi connectivity index (χ3v) is 4.11. The van der Waals surface area contributed by atoms with Crippen molar-refractivity contribution in [3.63, 3.8) is 0 Å². The Morgan fingerprint density at radius 2 is 2.28 bits per heavy atom. The number of carbonyl (C=O) groups is 1. The van der Waals surface area contributed by atoms with Gasteiger partial charge in [-0.1, -0.05) is 11.3 Å². The molecule has 2 heterocycles. The Morgan fingerprint density at radius 3 is 3.04 bits per heavy atom. The highest BCUT2D eigenvalue weighted by Crippen LogP contribution is 2.17. The van der Waals surface area contributed by atoms with Gasteiger partial charge in [-0.25, -0.2) is 9.07 Å². The van der Waals surface area contributed by atoms with E-state index in [-0.39, 0.29) is 36.1 Å². The highest BCUT2D eigenvalue weighted by atomic mass is 19.1. The van der Waals surface area contributed by atoms with Crippen LogP contribution < -0.4 is 15.4 Å². The van der Waals surface area contributed by atoms with Crippen LogP contribution >= 0.6 is 0 Å². The average Bonchev–Trinajstić information content (AvgIpc) is 3.11. The third kappa shape index (κ3) is 4.76. The van der Waals surface area contributed by atoms with Gasteiger partial charge < -0.3 is 15.4 Å². The number of nitrogens with one attached hydrogen (secondary N) is 2. The summed E-state index contributed by atoms with van der Waals surface area (Å²) in [5.41, 5.74) is 0.288. The van der Waals surface area contributed by atoms with Gasteiger partial charge in [0.2, 0.25) is 0 Å². The fourth-order valence-electron chi connectivity index (χ4n) is 2.77. The van der Waals surface area contributed by atoms with Crippen molar-refractivity contribution >= 4 is 5.91 Å². The predicted molar refractivity (Wildman–Crippen MR) is 90.0 cm³/mol. The Bertz CT molecular complexity index is 715. The number of nitrogens with zero attached hydrogens (tertiary/aromatic N) is 3. The van der Waals surface area contributed by atoms with Gasteiger partial charge in [0.15, 0.2) is 5.69 Å². The summed E-state index contributed by atoms with van der Waals surface area (Å²) >= 11 is 0. The minimum absolute atomic E-state index is 0.283. The van der Waals surface area contributed by atoms with E-state index in [0.717, 1.165) is 25.9 Å². The maximum atomic E-state index is 13.1. The summed E-state index contributed by atoms with van der Waals surface area (Å²) in [7, 11) is 0. The molecule has 0 aliphatic carbocycles. The number of rotatable bonds is 6. The van der Waals surface area contributed by atoms with Gasteiger partial charge in [0.25, 0.3) is 5.91 Å². The van der Waals surface area contributed by atoms with Crippen molar-refractivity contribution in [2.24, 2.45) is 0 Å². The zero-order valence-electron chi connectivity index (χ0n) is 14.1. The summed E-state index contributed by atoms with van der Waals surface area (Å²) in [5.74, 6) is -0.225. The standard InChI is InChI=1S/C17H22FN5O2/c1-12(25-15-4-2-3-13(18)9-15)10-20-17(24)16-11-23(22-21-16)14-5-7-19-8-6-14/h2-4,9,11-12,14,19H,5-8,10H2,1H3,(H,20,24). The molecule has 0 saturated carbocycles. The molecule has 1 amide bonds. The molecule has 0 bridgehead atoms. The van der Waals surface area contributed by atoms with Gasteiger partial charge in [-0.2, -0.15) is 0 Å². The quantitative estimate of drug-likeness (QED) is 0.828. The van der Waals surface area contributed by atoms with Gasteiger partial charge in [0.1, 0.15) is 17.7 Å². The number of carbonyl (C=O) groups excluding carboxylic acids is 1. The van der Waals surface area contributed by atoms with E-state index in [9.17, 15) is 9.18 Å². The summed E-state index contributed by atoms with van der Waals surface area (Å²) in [6.07, 6.45) is 3.33. The molecule has 1 saturated heterocycles. The van der Waals surface area contributed by atoms with Gasteiger partial charge in [-0.15, -0.1) is 5.10 Å². The number of hydrogen-bond donors (Lipinski definition) is 2. The van der Waals surface area contributed by atoms with Gasteiger partial charge in [-0.3, -0.25) is 4.79 Å². The first-order chi connectivity index (χ1) is 12.1. The van der Waals surface area contributed by atoms with Crippen molar-refractivity contribution in [3.05, 3.63) is 42.0 Å². The second kappa shape index (κ2) is 8.06. The molecule has 7 nitrogen and oxygen atoms in total. The van der Waals surface area contributed by atoms with Crippen LogP contribution in [0.5, 0.6) is 5.75 Å². The van der Waals surface area contributed by atoms with Gasteiger partial charge >= 0.3 is 0 Å². The maximum absolute atomic E-state index is 13.1. The Hall–Kier alpha value is -2.48. The summed E-state index contributed by atoms with van der Waals surface area (Å²) < 4.78 is 20.5. The zero-order valence-corrected chi connectivity index (χ0v) is 14.1. The number of ether oxygens (including phenoxy) is 1. The molecular weight excluding hydrogens is 325 g/mol. The van der Waals surface area contributed by atoms with Gasteiger partial charge in [-0.05, 0) is 45.0 Å². The van der Waals surface area contributed by atoms with E-state index >= 15 is 0 Å². The highest BCUT2D eigenvalue weighted by molar-refractivity contribution is 5.91. The zero-order chi connectivity index (χ0) is 17.6. The van der Waals surface area contributed by atoms with Crippen molar-refractivity contribution < 1.29 is 13.9 Å². The van der Waals surface area contributed by atoms with E-state index in [1.54, 1.807) is 29.9 Å². The summed E-state index contributed by atoms with van der Waals surface area (Å²) in [6, 6.07) is 6.19. The van der Waals surface area contributed by atoms with Crippen LogP contribution in [0.3, 0.4) is 0 Å². The molecule has 1 aliphatic rings. The van der Waals surface area contributed by atoms with E-state index in [4.69, 9.17) is 4.74 Å². The molecule has 0 spiro atoms. The Kier molecular flexibility index (Phi) is 5.60. The lowest BCUT2D eigenvalue weighted by Gasteiger charge is -2.22. The molecule has 1 fully saturated rings. The van der Waals surface area contributed by atoms with E-state index < -0.39 is 0 Å². The first kappa shape index (κ1) is 17.3. The molecule has 25 heavy (non-hydrogen) atoms. The minimum Gasteiger partial charge on any atom is -0.489 e. The van der Waals surface area contributed by atoms with E-state index in [2.05, 4.69) is 20.9 Å². The average molecular weight is 347 g/mol. The SMILES string of the molecule is CC(CNC(=O)c1cn(C2CCNCC2)nn1)Oc1cccc(F)c1. The fraction of sp³-hybridized carbons (Fsp3) is 0.471. The largest absolute Gasteiger partial charge is 0.489 e. The minimum atomic E-state index is -0.358. The summed E-state index contributed by atoms with van der Waals surface area (Å²) in [4.78, 5) is 12.2. The molecule has 1 aliphatic heterocycles. The monoisotopic (exact) mass is 347 g/mol. The number of halogens is 1. The predicted octanol–water partition coefficient (Wildman–Crippen LogP) is 1.54. The lowest BCUT2D eigenvalue weighted by molar-refractivity contribution is 0.0927. The second-order valence-corrected chi connectivity index (χ2v) is 6.16. The number of aromatic nitrogens is 3. The van der Waals surface area contributed by atoms with Crippen LogP contribution in [0.1, 0.15) is 36.3 Å². The van der Waals surface area contributed by atoms with Crippen molar-refractivity contribution in [1.29, 1.82) is 0 Å². The third-order valence-electron chi connectivity index (χ3n) is 4.11. The van der Waals surface area contributed by atoms with Crippen LogP contribution in [0, 0.1) is 5.82 Å². The number of benzene rings is 1. The molecule has 134 valence electrons. The Labute approximate surface area is 145 Å². The van der Waals surface area contributed by atoms with Crippen LogP contribution in [0.4, 0.5) is 4.39 Å². The summed E-state index contributed by atoms with van der Waals surface area (Å²) in [5, 5.41) is 14.1. The van der Waals surface area contributed by atoms with Crippen LogP contribution in [-0.2, 0) is 0 Å².